The highest BCUT2D eigenvalue weighted by atomic mass is 28.3. The molecule has 0 aliphatic heterocycles. The Labute approximate surface area is 325 Å². The maximum Gasteiger partial charge on any atom is 0.408 e. The van der Waals surface area contributed by atoms with Crippen molar-refractivity contribution < 1.29 is 33.3 Å². The average molecular weight is 770 g/mol. The fraction of sp³-hybridized carbons (Fsp3) is 0.395. The third-order valence-corrected chi connectivity index (χ3v) is 10.5. The zero-order valence-corrected chi connectivity index (χ0v) is 34.3. The van der Waals surface area contributed by atoms with Gasteiger partial charge in [0.25, 0.3) is 5.56 Å². The van der Waals surface area contributed by atoms with E-state index in [0.717, 1.165) is 17.2 Å². The summed E-state index contributed by atoms with van der Waals surface area (Å²) in [4.78, 5) is 54.0. The maximum absolute atomic E-state index is 14.0. The number of nitrogens with one attached hydrogen (secondary N) is 2. The lowest BCUT2D eigenvalue weighted by Gasteiger charge is -2.25. The standard InChI is InChI=1S/C43H55N3O8Si/c1-30-22-23-46(27-32-16-20-35(51-5)21-17-32)40(48)38(30)45-39(47)37(44-42(50)53-28-33-12-10-9-11-13-33)26-31-14-18-34(19-15-31)36(41(49)54-43(2,3)4)29-52-24-25-55(6,7)8/h9-23,36-37H,24-29H2,1-8H3,(H,44,50)(H,45,47)/t36?,37-/m0/s1. The van der Waals surface area contributed by atoms with E-state index in [2.05, 4.69) is 30.3 Å². The summed E-state index contributed by atoms with van der Waals surface area (Å²) in [6.45, 7) is 15.0. The lowest BCUT2D eigenvalue weighted by atomic mass is 9.96. The first kappa shape index (κ1) is 42.5. The molecule has 0 saturated carbocycles. The minimum absolute atomic E-state index is 0.00956. The van der Waals surface area contributed by atoms with Gasteiger partial charge in [0.2, 0.25) is 5.91 Å². The number of hydrogen-bond acceptors (Lipinski definition) is 8. The van der Waals surface area contributed by atoms with Crippen LogP contribution in [0.15, 0.2) is 95.9 Å². The van der Waals surface area contributed by atoms with Gasteiger partial charge < -0.3 is 34.1 Å². The number of alkyl carbamates (subject to hydrolysis) is 1. The van der Waals surface area contributed by atoms with Gasteiger partial charge in [-0.25, -0.2) is 4.79 Å². The fourth-order valence-electron chi connectivity index (χ4n) is 5.57. The number of rotatable bonds is 17. The number of benzene rings is 3. The molecule has 0 aliphatic carbocycles. The van der Waals surface area contributed by atoms with E-state index in [-0.39, 0.29) is 43.4 Å². The number of nitrogens with zero attached hydrogens (tertiary/aromatic N) is 1. The number of methoxy groups -OCH3 is 1. The number of aryl methyl sites for hydroxylation is 1. The Kier molecular flexibility index (Phi) is 15.0. The van der Waals surface area contributed by atoms with E-state index >= 15 is 0 Å². The third-order valence-electron chi connectivity index (χ3n) is 8.75. The third kappa shape index (κ3) is 13.9. The molecule has 0 bridgehead atoms. The number of carbonyl (C=O) groups excluding carboxylic acids is 3. The molecular weight excluding hydrogens is 715 g/mol. The van der Waals surface area contributed by atoms with Crippen molar-refractivity contribution in [2.45, 2.75) is 90.5 Å². The van der Waals surface area contributed by atoms with E-state index in [0.29, 0.717) is 29.0 Å². The van der Waals surface area contributed by atoms with Crippen molar-refractivity contribution in [3.8, 4) is 5.75 Å². The van der Waals surface area contributed by atoms with Gasteiger partial charge in [0.1, 0.15) is 35.6 Å². The van der Waals surface area contributed by atoms with Crippen LogP contribution in [0.25, 0.3) is 0 Å². The molecule has 294 valence electrons. The van der Waals surface area contributed by atoms with Crippen LogP contribution in [0.3, 0.4) is 0 Å². The van der Waals surface area contributed by atoms with E-state index in [4.69, 9.17) is 18.9 Å². The van der Waals surface area contributed by atoms with Gasteiger partial charge in [-0.3, -0.25) is 14.4 Å². The molecule has 0 radical (unpaired) electrons. The Morgan fingerprint density at radius 3 is 2.13 bits per heavy atom. The van der Waals surface area contributed by atoms with Crippen LogP contribution in [0.5, 0.6) is 5.75 Å². The molecule has 11 nitrogen and oxygen atoms in total. The maximum atomic E-state index is 14.0. The lowest BCUT2D eigenvalue weighted by molar-refractivity contribution is -0.158. The fourth-order valence-corrected chi connectivity index (χ4v) is 6.33. The number of esters is 1. The van der Waals surface area contributed by atoms with Crippen LogP contribution in [0, 0.1) is 6.92 Å². The summed E-state index contributed by atoms with van der Waals surface area (Å²) in [6, 6.07) is 25.4. The zero-order valence-electron chi connectivity index (χ0n) is 33.3. The SMILES string of the molecule is COc1ccc(Cn2ccc(C)c(NC(=O)[C@H](Cc3ccc(C(COCC[Si](C)(C)C)C(=O)OC(C)(C)C)cc3)NC(=O)OCc3ccccc3)c2=O)cc1. The highest BCUT2D eigenvalue weighted by Crippen LogP contribution is 2.24. The van der Waals surface area contributed by atoms with E-state index < -0.39 is 37.6 Å². The normalized spacial score (nSPS) is 12.7. The topological polar surface area (TPSA) is 134 Å². The molecule has 12 heteroatoms. The number of amides is 2. The molecule has 0 aliphatic rings. The highest BCUT2D eigenvalue weighted by molar-refractivity contribution is 6.76. The Hall–Kier alpha value is -5.20. The molecular formula is C43H55N3O8Si. The average Bonchev–Trinajstić information content (AvgIpc) is 3.13. The molecule has 55 heavy (non-hydrogen) atoms. The first-order chi connectivity index (χ1) is 26.0. The molecule has 3 aromatic carbocycles. The van der Waals surface area contributed by atoms with Crippen LogP contribution in [0.2, 0.25) is 25.7 Å². The number of carbonyl (C=O) groups is 3. The van der Waals surface area contributed by atoms with Gasteiger partial charge in [-0.2, -0.15) is 0 Å². The molecule has 2 amide bonds. The Morgan fingerprint density at radius 1 is 0.855 bits per heavy atom. The minimum atomic E-state index is -1.33. The van der Waals surface area contributed by atoms with Gasteiger partial charge >= 0.3 is 12.1 Å². The second kappa shape index (κ2) is 19.4. The van der Waals surface area contributed by atoms with Gasteiger partial charge in [0.05, 0.1) is 20.3 Å². The van der Waals surface area contributed by atoms with Crippen LogP contribution in [0.1, 0.15) is 54.5 Å². The van der Waals surface area contributed by atoms with Gasteiger partial charge in [0.15, 0.2) is 0 Å². The van der Waals surface area contributed by atoms with E-state index in [9.17, 15) is 19.2 Å². The second-order valence-electron chi connectivity index (χ2n) is 15.8. The van der Waals surface area contributed by atoms with Crippen LogP contribution >= 0.6 is 0 Å². The molecule has 0 fully saturated rings. The first-order valence-electron chi connectivity index (χ1n) is 18.5. The molecule has 1 aromatic heterocycles. The van der Waals surface area contributed by atoms with Crippen molar-refractivity contribution in [2.75, 3.05) is 25.6 Å². The van der Waals surface area contributed by atoms with E-state index in [1.165, 1.54) is 4.57 Å². The predicted molar refractivity (Wildman–Crippen MR) is 217 cm³/mol. The largest absolute Gasteiger partial charge is 0.497 e. The summed E-state index contributed by atoms with van der Waals surface area (Å²) in [5.41, 5.74) is 2.69. The Morgan fingerprint density at radius 2 is 1.51 bits per heavy atom. The zero-order chi connectivity index (χ0) is 40.2. The molecule has 1 unspecified atom stereocenters. The van der Waals surface area contributed by atoms with Crippen LogP contribution in [-0.4, -0.2) is 62.6 Å². The van der Waals surface area contributed by atoms with Crippen molar-refractivity contribution in [1.82, 2.24) is 9.88 Å². The summed E-state index contributed by atoms with van der Waals surface area (Å²) in [6.07, 6.45) is 0.961. The van der Waals surface area contributed by atoms with Gasteiger partial charge in [-0.05, 0) is 79.8 Å². The van der Waals surface area contributed by atoms with Crippen molar-refractivity contribution in [3.63, 3.8) is 0 Å². The van der Waals surface area contributed by atoms with Crippen LogP contribution in [0.4, 0.5) is 10.5 Å². The number of ether oxygens (including phenoxy) is 4. The molecule has 2 N–H and O–H groups in total. The Bertz CT molecular complexity index is 1930. The minimum Gasteiger partial charge on any atom is -0.497 e. The molecule has 0 saturated heterocycles. The smallest absolute Gasteiger partial charge is 0.408 e. The van der Waals surface area contributed by atoms with Crippen molar-refractivity contribution in [1.29, 1.82) is 0 Å². The second-order valence-corrected chi connectivity index (χ2v) is 21.4. The molecule has 4 aromatic rings. The van der Waals surface area contributed by atoms with Gasteiger partial charge in [-0.1, -0.05) is 86.4 Å². The van der Waals surface area contributed by atoms with Crippen LogP contribution < -0.4 is 20.9 Å². The van der Waals surface area contributed by atoms with Crippen LogP contribution in [-0.2, 0) is 43.4 Å². The number of aromatic nitrogens is 1. The summed E-state index contributed by atoms with van der Waals surface area (Å²) < 4.78 is 24.0. The van der Waals surface area contributed by atoms with Crippen molar-refractivity contribution in [2.24, 2.45) is 0 Å². The van der Waals surface area contributed by atoms with Gasteiger partial charge in [-0.15, -0.1) is 0 Å². The molecule has 4 rings (SSSR count). The molecule has 0 spiro atoms. The van der Waals surface area contributed by atoms with Gasteiger partial charge in [0, 0.05) is 27.3 Å². The lowest BCUT2D eigenvalue weighted by Crippen LogP contribution is -2.46. The Balaban J connectivity index is 1.56. The summed E-state index contributed by atoms with van der Waals surface area (Å²) in [5, 5.41) is 5.49. The van der Waals surface area contributed by atoms with Crippen molar-refractivity contribution >= 4 is 31.7 Å². The van der Waals surface area contributed by atoms with E-state index in [1.807, 2.05) is 99.6 Å². The predicted octanol–water partition coefficient (Wildman–Crippen LogP) is 7.47. The number of anilines is 1. The molecule has 2 atom stereocenters. The molecule has 1 heterocycles. The quantitative estimate of drug-likeness (QED) is 0.0642. The summed E-state index contributed by atoms with van der Waals surface area (Å²) >= 11 is 0. The van der Waals surface area contributed by atoms with E-state index in [1.54, 1.807) is 26.3 Å². The number of hydrogen-bond donors (Lipinski definition) is 2. The highest BCUT2D eigenvalue weighted by Gasteiger charge is 2.28. The summed E-state index contributed by atoms with van der Waals surface area (Å²) in [5.74, 6) is -0.927. The van der Waals surface area contributed by atoms with Crippen molar-refractivity contribution in [3.05, 3.63) is 129 Å². The monoisotopic (exact) mass is 769 g/mol. The summed E-state index contributed by atoms with van der Waals surface area (Å²) in [7, 11) is 0.257. The first-order valence-corrected chi connectivity index (χ1v) is 22.2. The number of pyridine rings is 1.